The fraction of sp³-hybridized carbons (Fsp3) is 0.350. The van der Waals surface area contributed by atoms with E-state index in [1.54, 1.807) is 0 Å². The van der Waals surface area contributed by atoms with Crippen LogP contribution in [-0.2, 0) is 4.79 Å². The lowest BCUT2D eigenvalue weighted by Crippen LogP contribution is -2.13. The van der Waals surface area contributed by atoms with Crippen molar-refractivity contribution >= 4 is 17.6 Å². The van der Waals surface area contributed by atoms with Crippen molar-refractivity contribution in [3.05, 3.63) is 64.2 Å². The number of halogens is 1. The lowest BCUT2D eigenvalue weighted by molar-refractivity contribution is -0.136. The predicted molar refractivity (Wildman–Crippen MR) is 93.2 cm³/mol. The lowest BCUT2D eigenvalue weighted by atomic mass is 10.0. The summed E-state index contributed by atoms with van der Waals surface area (Å²) in [6, 6.07) is 13.9. The number of ether oxygens (including phenoxy) is 1. The van der Waals surface area contributed by atoms with Gasteiger partial charge in [-0.2, -0.15) is 0 Å². The highest BCUT2D eigenvalue weighted by Crippen LogP contribution is 2.48. The largest absolute Gasteiger partial charge is 0.426 e. The standard InChI is InChI=1S/C20H21ClO2/c1-12(2)15-11-18(21)13(3)9-19(15)23-20(22)17-10-16(17)14-7-5-4-6-8-14/h4-9,11-12,16-17H,10H2,1-3H3/t16-,17-/m0/s1. The average Bonchev–Trinajstić information content (AvgIpc) is 3.32. The molecule has 1 fully saturated rings. The van der Waals surface area contributed by atoms with Crippen LogP contribution in [0.5, 0.6) is 5.75 Å². The van der Waals surface area contributed by atoms with Crippen LogP contribution in [-0.4, -0.2) is 5.97 Å². The minimum absolute atomic E-state index is 0.0339. The van der Waals surface area contributed by atoms with E-state index in [1.165, 1.54) is 5.56 Å². The van der Waals surface area contributed by atoms with Crippen molar-refractivity contribution in [1.82, 2.24) is 0 Å². The molecule has 2 aromatic carbocycles. The van der Waals surface area contributed by atoms with Crippen molar-refractivity contribution in [3.8, 4) is 5.75 Å². The Morgan fingerprint density at radius 3 is 2.57 bits per heavy atom. The normalized spacial score (nSPS) is 19.7. The van der Waals surface area contributed by atoms with Crippen LogP contribution in [0.3, 0.4) is 0 Å². The maximum Gasteiger partial charge on any atom is 0.314 e. The first kappa shape index (κ1) is 16.1. The molecule has 1 aliphatic carbocycles. The zero-order valence-electron chi connectivity index (χ0n) is 13.7. The summed E-state index contributed by atoms with van der Waals surface area (Å²) in [5.41, 5.74) is 3.12. The molecule has 3 rings (SSSR count). The van der Waals surface area contributed by atoms with Crippen molar-refractivity contribution in [3.63, 3.8) is 0 Å². The SMILES string of the molecule is Cc1cc(OC(=O)[C@H]2C[C@H]2c2ccccc2)c(C(C)C)cc1Cl. The number of hydrogen-bond acceptors (Lipinski definition) is 2. The van der Waals surface area contributed by atoms with Crippen LogP contribution < -0.4 is 4.74 Å². The molecule has 0 saturated heterocycles. The molecule has 1 aliphatic rings. The molecule has 2 nitrogen and oxygen atoms in total. The molecule has 0 bridgehead atoms. The summed E-state index contributed by atoms with van der Waals surface area (Å²) < 4.78 is 5.72. The van der Waals surface area contributed by atoms with Crippen LogP contribution in [0.25, 0.3) is 0 Å². The van der Waals surface area contributed by atoms with Gasteiger partial charge in [0.25, 0.3) is 0 Å². The Kier molecular flexibility index (Phi) is 4.45. The van der Waals surface area contributed by atoms with Gasteiger partial charge < -0.3 is 4.74 Å². The van der Waals surface area contributed by atoms with Gasteiger partial charge >= 0.3 is 5.97 Å². The summed E-state index contributed by atoms with van der Waals surface area (Å²) in [5.74, 6) is 1.01. The van der Waals surface area contributed by atoms with Gasteiger partial charge in [-0.3, -0.25) is 4.79 Å². The third-order valence-electron chi connectivity index (χ3n) is 4.44. The Balaban J connectivity index is 1.76. The van der Waals surface area contributed by atoms with Gasteiger partial charge in [0, 0.05) is 5.02 Å². The summed E-state index contributed by atoms with van der Waals surface area (Å²) in [6.07, 6.45) is 0.867. The molecular weight excluding hydrogens is 308 g/mol. The number of carbonyl (C=O) groups is 1. The third-order valence-corrected chi connectivity index (χ3v) is 4.85. The fourth-order valence-electron chi connectivity index (χ4n) is 2.92. The quantitative estimate of drug-likeness (QED) is 0.548. The minimum Gasteiger partial charge on any atom is -0.426 e. The zero-order valence-corrected chi connectivity index (χ0v) is 14.4. The van der Waals surface area contributed by atoms with E-state index >= 15 is 0 Å². The van der Waals surface area contributed by atoms with E-state index in [1.807, 2.05) is 37.3 Å². The Hall–Kier alpha value is -1.80. The van der Waals surface area contributed by atoms with Gasteiger partial charge in [-0.1, -0.05) is 55.8 Å². The molecule has 0 unspecified atom stereocenters. The van der Waals surface area contributed by atoms with Crippen molar-refractivity contribution in [2.75, 3.05) is 0 Å². The molecule has 0 aliphatic heterocycles. The highest BCUT2D eigenvalue weighted by Gasteiger charge is 2.45. The van der Waals surface area contributed by atoms with E-state index in [4.69, 9.17) is 16.3 Å². The summed E-state index contributed by atoms with van der Waals surface area (Å²) in [7, 11) is 0. The first-order valence-corrected chi connectivity index (χ1v) is 8.42. The van der Waals surface area contributed by atoms with Gasteiger partial charge in [-0.15, -0.1) is 0 Å². The van der Waals surface area contributed by atoms with Crippen LogP contribution in [0.15, 0.2) is 42.5 Å². The van der Waals surface area contributed by atoms with E-state index < -0.39 is 0 Å². The van der Waals surface area contributed by atoms with Gasteiger partial charge in [-0.25, -0.2) is 0 Å². The van der Waals surface area contributed by atoms with E-state index in [9.17, 15) is 4.79 Å². The second-order valence-electron chi connectivity index (χ2n) is 6.57. The van der Waals surface area contributed by atoms with Crippen molar-refractivity contribution in [2.45, 2.75) is 39.0 Å². The Labute approximate surface area is 142 Å². The van der Waals surface area contributed by atoms with E-state index in [0.29, 0.717) is 16.7 Å². The Morgan fingerprint density at radius 2 is 1.91 bits per heavy atom. The van der Waals surface area contributed by atoms with Crippen LogP contribution in [0, 0.1) is 12.8 Å². The molecule has 0 N–H and O–H groups in total. The summed E-state index contributed by atoms with van der Waals surface area (Å²) in [4.78, 5) is 12.5. The molecule has 2 aromatic rings. The summed E-state index contributed by atoms with van der Waals surface area (Å²) in [6.45, 7) is 6.07. The number of aryl methyl sites for hydroxylation is 1. The van der Waals surface area contributed by atoms with Crippen molar-refractivity contribution in [1.29, 1.82) is 0 Å². The van der Waals surface area contributed by atoms with Crippen LogP contribution >= 0.6 is 11.6 Å². The highest BCUT2D eigenvalue weighted by atomic mass is 35.5. The van der Waals surface area contributed by atoms with Gasteiger partial charge in [0.05, 0.1) is 5.92 Å². The van der Waals surface area contributed by atoms with Crippen LogP contribution in [0.1, 0.15) is 48.8 Å². The molecule has 0 heterocycles. The smallest absolute Gasteiger partial charge is 0.314 e. The minimum atomic E-state index is -0.137. The van der Waals surface area contributed by atoms with Gasteiger partial charge in [0.2, 0.25) is 0 Å². The lowest BCUT2D eigenvalue weighted by Gasteiger charge is -2.15. The van der Waals surface area contributed by atoms with Gasteiger partial charge in [0.15, 0.2) is 0 Å². The first-order valence-electron chi connectivity index (χ1n) is 8.04. The number of carbonyl (C=O) groups excluding carboxylic acids is 1. The number of esters is 1. The third kappa shape index (κ3) is 3.42. The van der Waals surface area contributed by atoms with E-state index in [2.05, 4.69) is 26.0 Å². The molecular formula is C20H21ClO2. The molecule has 0 radical (unpaired) electrons. The number of benzene rings is 2. The summed E-state index contributed by atoms with van der Waals surface area (Å²) in [5, 5.41) is 0.710. The second kappa shape index (κ2) is 6.37. The topological polar surface area (TPSA) is 26.3 Å². The Bertz CT molecular complexity index is 722. The summed E-state index contributed by atoms with van der Waals surface area (Å²) >= 11 is 6.20. The molecule has 3 heteroatoms. The maximum absolute atomic E-state index is 12.5. The van der Waals surface area contributed by atoms with Gasteiger partial charge in [-0.05, 0) is 54.0 Å². The molecule has 1 saturated carbocycles. The monoisotopic (exact) mass is 328 g/mol. The van der Waals surface area contributed by atoms with E-state index in [0.717, 1.165) is 17.5 Å². The van der Waals surface area contributed by atoms with E-state index in [-0.39, 0.29) is 17.8 Å². The zero-order chi connectivity index (χ0) is 16.6. The molecule has 0 aromatic heterocycles. The highest BCUT2D eigenvalue weighted by molar-refractivity contribution is 6.31. The van der Waals surface area contributed by atoms with Crippen molar-refractivity contribution < 1.29 is 9.53 Å². The molecule has 120 valence electrons. The predicted octanol–water partition coefficient (Wildman–Crippen LogP) is 5.48. The first-order chi connectivity index (χ1) is 11.0. The van der Waals surface area contributed by atoms with Crippen molar-refractivity contribution in [2.24, 2.45) is 5.92 Å². The number of rotatable bonds is 4. The Morgan fingerprint density at radius 1 is 1.22 bits per heavy atom. The average molecular weight is 329 g/mol. The van der Waals surface area contributed by atoms with Crippen LogP contribution in [0.2, 0.25) is 5.02 Å². The number of hydrogen-bond donors (Lipinski definition) is 0. The molecule has 0 amide bonds. The second-order valence-corrected chi connectivity index (χ2v) is 6.98. The fourth-order valence-corrected chi connectivity index (χ4v) is 3.09. The maximum atomic E-state index is 12.5. The molecule has 2 atom stereocenters. The molecule has 0 spiro atoms. The van der Waals surface area contributed by atoms with Crippen LogP contribution in [0.4, 0.5) is 0 Å². The molecule has 23 heavy (non-hydrogen) atoms. The van der Waals surface area contributed by atoms with Gasteiger partial charge in [0.1, 0.15) is 5.75 Å².